The summed E-state index contributed by atoms with van der Waals surface area (Å²) in [4.78, 5) is 14.1. The lowest BCUT2D eigenvalue weighted by molar-refractivity contribution is 0.0747. The number of hydrogen-bond acceptors (Lipinski definition) is 5. The van der Waals surface area contributed by atoms with Crippen LogP contribution in [0.1, 0.15) is 40.2 Å². The van der Waals surface area contributed by atoms with Gasteiger partial charge in [0, 0.05) is 6.54 Å². The van der Waals surface area contributed by atoms with Crippen LogP contribution < -0.4 is 0 Å². The number of amides is 1. The molecule has 0 aliphatic heterocycles. The van der Waals surface area contributed by atoms with Gasteiger partial charge in [0.1, 0.15) is 22.9 Å². The van der Waals surface area contributed by atoms with E-state index in [4.69, 9.17) is 4.42 Å². The monoisotopic (exact) mass is 263 g/mol. The topological polar surface area (TPSA) is 72.4 Å². The maximum absolute atomic E-state index is 12.4. The Balaban J connectivity index is 2.20. The van der Waals surface area contributed by atoms with Crippen molar-refractivity contribution in [3.8, 4) is 0 Å². The number of nitrogens with zero attached hydrogens (tertiary/aromatic N) is 3. The van der Waals surface area contributed by atoms with Gasteiger partial charge in [-0.25, -0.2) is 4.63 Å². The summed E-state index contributed by atoms with van der Waals surface area (Å²) in [6.07, 6.45) is 0. The molecular formula is C13H17N3O3. The summed E-state index contributed by atoms with van der Waals surface area (Å²) in [6.45, 7) is 8.30. The van der Waals surface area contributed by atoms with E-state index in [0.29, 0.717) is 35.8 Å². The Bertz CT molecular complexity index is 586. The maximum atomic E-state index is 12.4. The first-order chi connectivity index (χ1) is 9.02. The standard InChI is InChI=1S/C13H17N3O3/c1-5-16(7-12-9(3)14-19-15-12)13(17)11-6-8(2)18-10(11)4/h6H,5,7H2,1-4H3. The fraction of sp³-hybridized carbons (Fsp3) is 0.462. The molecule has 2 aromatic rings. The van der Waals surface area contributed by atoms with Gasteiger partial charge in [-0.15, -0.1) is 0 Å². The van der Waals surface area contributed by atoms with Crippen molar-refractivity contribution in [2.24, 2.45) is 0 Å². The molecular weight excluding hydrogens is 246 g/mol. The number of furan rings is 1. The molecule has 2 heterocycles. The fourth-order valence-corrected chi connectivity index (χ4v) is 1.91. The number of aryl methyl sites for hydroxylation is 3. The van der Waals surface area contributed by atoms with Gasteiger partial charge in [-0.1, -0.05) is 10.3 Å². The highest BCUT2D eigenvalue weighted by Gasteiger charge is 2.21. The molecule has 0 aromatic carbocycles. The minimum Gasteiger partial charge on any atom is -0.466 e. The van der Waals surface area contributed by atoms with Crippen LogP contribution in [-0.4, -0.2) is 27.7 Å². The third kappa shape index (κ3) is 2.67. The third-order valence-electron chi connectivity index (χ3n) is 3.03. The van der Waals surface area contributed by atoms with Gasteiger partial charge in [-0.3, -0.25) is 4.79 Å². The van der Waals surface area contributed by atoms with Gasteiger partial charge in [0.05, 0.1) is 12.1 Å². The smallest absolute Gasteiger partial charge is 0.257 e. The van der Waals surface area contributed by atoms with Crippen LogP contribution in [0.3, 0.4) is 0 Å². The summed E-state index contributed by atoms with van der Waals surface area (Å²) in [6, 6.07) is 1.76. The molecule has 0 N–H and O–H groups in total. The number of rotatable bonds is 4. The molecule has 0 radical (unpaired) electrons. The van der Waals surface area contributed by atoms with Gasteiger partial charge < -0.3 is 9.32 Å². The molecule has 102 valence electrons. The van der Waals surface area contributed by atoms with Crippen LogP contribution in [0, 0.1) is 20.8 Å². The molecule has 0 aliphatic carbocycles. The Labute approximate surface area is 111 Å². The lowest BCUT2D eigenvalue weighted by Gasteiger charge is -2.19. The van der Waals surface area contributed by atoms with E-state index < -0.39 is 0 Å². The van der Waals surface area contributed by atoms with E-state index in [1.54, 1.807) is 24.8 Å². The summed E-state index contributed by atoms with van der Waals surface area (Å²) in [7, 11) is 0. The third-order valence-corrected chi connectivity index (χ3v) is 3.03. The number of aromatic nitrogens is 2. The Hall–Kier alpha value is -2.11. The Morgan fingerprint density at radius 1 is 1.32 bits per heavy atom. The van der Waals surface area contributed by atoms with Gasteiger partial charge in [-0.05, 0) is 33.8 Å². The van der Waals surface area contributed by atoms with Crippen LogP contribution in [0.25, 0.3) is 0 Å². The molecule has 0 unspecified atom stereocenters. The van der Waals surface area contributed by atoms with E-state index in [9.17, 15) is 4.79 Å². The van der Waals surface area contributed by atoms with Crippen molar-refractivity contribution < 1.29 is 13.8 Å². The van der Waals surface area contributed by atoms with Crippen molar-refractivity contribution in [1.29, 1.82) is 0 Å². The van der Waals surface area contributed by atoms with Gasteiger partial charge in [0.25, 0.3) is 5.91 Å². The quantitative estimate of drug-likeness (QED) is 0.846. The van der Waals surface area contributed by atoms with E-state index in [1.165, 1.54) is 0 Å². The fourth-order valence-electron chi connectivity index (χ4n) is 1.91. The zero-order chi connectivity index (χ0) is 14.0. The number of carbonyl (C=O) groups excluding carboxylic acids is 1. The van der Waals surface area contributed by atoms with Gasteiger partial charge in [0.15, 0.2) is 0 Å². The van der Waals surface area contributed by atoms with Crippen LogP contribution in [0.2, 0.25) is 0 Å². The first kappa shape index (κ1) is 13.3. The van der Waals surface area contributed by atoms with Crippen molar-refractivity contribution >= 4 is 5.91 Å². The van der Waals surface area contributed by atoms with Crippen molar-refractivity contribution in [2.45, 2.75) is 34.2 Å². The lowest BCUT2D eigenvalue weighted by atomic mass is 10.2. The van der Waals surface area contributed by atoms with Gasteiger partial charge in [-0.2, -0.15) is 0 Å². The molecule has 0 fully saturated rings. The van der Waals surface area contributed by atoms with Crippen LogP contribution in [0.5, 0.6) is 0 Å². The summed E-state index contributed by atoms with van der Waals surface area (Å²) < 4.78 is 10.0. The van der Waals surface area contributed by atoms with E-state index in [0.717, 1.165) is 5.76 Å². The summed E-state index contributed by atoms with van der Waals surface area (Å²) in [5, 5.41) is 7.52. The molecule has 0 saturated carbocycles. The largest absolute Gasteiger partial charge is 0.466 e. The zero-order valence-electron chi connectivity index (χ0n) is 11.6. The highest BCUT2D eigenvalue weighted by atomic mass is 16.6. The van der Waals surface area contributed by atoms with Crippen molar-refractivity contribution in [1.82, 2.24) is 15.2 Å². The van der Waals surface area contributed by atoms with E-state index in [-0.39, 0.29) is 5.91 Å². The molecule has 6 heteroatoms. The van der Waals surface area contributed by atoms with Crippen LogP contribution in [-0.2, 0) is 6.54 Å². The lowest BCUT2D eigenvalue weighted by Crippen LogP contribution is -2.30. The summed E-state index contributed by atoms with van der Waals surface area (Å²) in [5.41, 5.74) is 1.97. The molecule has 0 spiro atoms. The van der Waals surface area contributed by atoms with Crippen molar-refractivity contribution in [2.75, 3.05) is 6.54 Å². The van der Waals surface area contributed by atoms with Crippen molar-refractivity contribution in [3.63, 3.8) is 0 Å². The predicted octanol–water partition coefficient (Wildman–Crippen LogP) is 2.25. The average molecular weight is 263 g/mol. The molecule has 0 bridgehead atoms. The van der Waals surface area contributed by atoms with Crippen LogP contribution >= 0.6 is 0 Å². The average Bonchev–Trinajstić information content (AvgIpc) is 2.91. The Morgan fingerprint density at radius 3 is 2.53 bits per heavy atom. The van der Waals surface area contributed by atoms with Gasteiger partial charge >= 0.3 is 0 Å². The molecule has 0 aliphatic rings. The highest BCUT2D eigenvalue weighted by Crippen LogP contribution is 2.17. The second-order valence-corrected chi connectivity index (χ2v) is 4.44. The zero-order valence-corrected chi connectivity index (χ0v) is 11.6. The minimum atomic E-state index is -0.0701. The predicted molar refractivity (Wildman–Crippen MR) is 67.6 cm³/mol. The number of carbonyl (C=O) groups is 1. The Morgan fingerprint density at radius 2 is 2.05 bits per heavy atom. The van der Waals surface area contributed by atoms with E-state index in [1.807, 2.05) is 13.8 Å². The Kier molecular flexibility index (Phi) is 3.69. The van der Waals surface area contributed by atoms with E-state index >= 15 is 0 Å². The molecule has 1 amide bonds. The van der Waals surface area contributed by atoms with E-state index in [2.05, 4.69) is 14.9 Å². The summed E-state index contributed by atoms with van der Waals surface area (Å²) >= 11 is 0. The summed E-state index contributed by atoms with van der Waals surface area (Å²) in [5.74, 6) is 1.30. The molecule has 19 heavy (non-hydrogen) atoms. The first-order valence-electron chi connectivity index (χ1n) is 6.17. The molecule has 0 atom stereocenters. The number of hydrogen-bond donors (Lipinski definition) is 0. The molecule has 2 aromatic heterocycles. The minimum absolute atomic E-state index is 0.0701. The van der Waals surface area contributed by atoms with Gasteiger partial charge in [0.2, 0.25) is 0 Å². The van der Waals surface area contributed by atoms with Crippen LogP contribution in [0.4, 0.5) is 0 Å². The first-order valence-corrected chi connectivity index (χ1v) is 6.17. The SMILES string of the molecule is CCN(Cc1nonc1C)C(=O)c1cc(C)oc1C. The normalized spacial score (nSPS) is 10.7. The molecule has 6 nitrogen and oxygen atoms in total. The second-order valence-electron chi connectivity index (χ2n) is 4.44. The van der Waals surface area contributed by atoms with Crippen molar-refractivity contribution in [3.05, 3.63) is 34.5 Å². The maximum Gasteiger partial charge on any atom is 0.257 e. The molecule has 0 saturated heterocycles. The molecule has 2 rings (SSSR count). The van der Waals surface area contributed by atoms with Crippen LogP contribution in [0.15, 0.2) is 15.1 Å². The highest BCUT2D eigenvalue weighted by molar-refractivity contribution is 5.95. The second kappa shape index (κ2) is 5.26.